The number of carbonyl (C=O) groups excluding carboxylic acids is 2. The second-order valence-electron chi connectivity index (χ2n) is 6.64. The summed E-state index contributed by atoms with van der Waals surface area (Å²) in [6, 6.07) is 11.4. The van der Waals surface area contributed by atoms with Crippen molar-refractivity contribution in [1.29, 1.82) is 0 Å². The maximum absolute atomic E-state index is 12.6. The number of aryl methyl sites for hydroxylation is 3. The van der Waals surface area contributed by atoms with E-state index in [1.165, 1.54) is 0 Å². The van der Waals surface area contributed by atoms with Crippen LogP contribution in [0.25, 0.3) is 0 Å². The van der Waals surface area contributed by atoms with E-state index in [2.05, 4.69) is 5.32 Å². The summed E-state index contributed by atoms with van der Waals surface area (Å²) in [6.45, 7) is 6.31. The van der Waals surface area contributed by atoms with Crippen molar-refractivity contribution in [3.05, 3.63) is 58.1 Å². The summed E-state index contributed by atoms with van der Waals surface area (Å²) >= 11 is 6.00. The van der Waals surface area contributed by atoms with Crippen LogP contribution in [0.1, 0.15) is 23.1 Å². The van der Waals surface area contributed by atoms with E-state index in [9.17, 15) is 9.59 Å². The Bertz CT molecular complexity index is 848. The van der Waals surface area contributed by atoms with Gasteiger partial charge in [-0.1, -0.05) is 35.4 Å². The molecule has 0 bridgehead atoms. The Kier molecular flexibility index (Phi) is 4.82. The molecule has 1 heterocycles. The van der Waals surface area contributed by atoms with Crippen LogP contribution in [0, 0.1) is 26.7 Å². The highest BCUT2D eigenvalue weighted by molar-refractivity contribution is 6.31. The molecule has 0 unspecified atom stereocenters. The number of anilines is 2. The number of nitrogens with zero attached hydrogens (tertiary/aromatic N) is 1. The van der Waals surface area contributed by atoms with E-state index in [1.54, 1.807) is 17.0 Å². The molecule has 5 heteroatoms. The van der Waals surface area contributed by atoms with E-state index < -0.39 is 0 Å². The van der Waals surface area contributed by atoms with Gasteiger partial charge in [-0.15, -0.1) is 0 Å². The van der Waals surface area contributed by atoms with Crippen LogP contribution in [0.3, 0.4) is 0 Å². The van der Waals surface area contributed by atoms with Crippen LogP contribution in [0.2, 0.25) is 5.02 Å². The third-order valence-corrected chi connectivity index (χ3v) is 4.83. The number of hydrogen-bond acceptors (Lipinski definition) is 2. The van der Waals surface area contributed by atoms with Gasteiger partial charge in [-0.25, -0.2) is 0 Å². The molecule has 25 heavy (non-hydrogen) atoms. The lowest BCUT2D eigenvalue weighted by atomic mass is 10.1. The molecule has 1 atom stereocenters. The Morgan fingerprint density at radius 3 is 2.60 bits per heavy atom. The molecule has 130 valence electrons. The number of carbonyl (C=O) groups is 2. The Morgan fingerprint density at radius 1 is 1.12 bits per heavy atom. The van der Waals surface area contributed by atoms with Gasteiger partial charge in [0, 0.05) is 29.4 Å². The number of halogens is 1. The van der Waals surface area contributed by atoms with E-state index in [-0.39, 0.29) is 24.2 Å². The monoisotopic (exact) mass is 356 g/mol. The fraction of sp³-hybridized carbons (Fsp3) is 0.300. The van der Waals surface area contributed by atoms with Crippen LogP contribution < -0.4 is 10.2 Å². The maximum Gasteiger partial charge on any atom is 0.229 e. The molecule has 2 aromatic carbocycles. The SMILES string of the molecule is Cc1ccc(N2C[C@@H](C(=O)Nc3cc(Cl)ccc3C)CC2=O)c(C)c1. The number of amides is 2. The van der Waals surface area contributed by atoms with Gasteiger partial charge in [0.25, 0.3) is 0 Å². The standard InChI is InChI=1S/C20H21ClN2O2/c1-12-4-7-18(14(3)8-12)23-11-15(9-19(23)24)20(25)22-17-10-16(21)6-5-13(17)2/h4-8,10,15H,9,11H2,1-3H3,(H,22,25)/t15-/m0/s1. The fourth-order valence-corrected chi connectivity index (χ4v) is 3.36. The molecule has 0 aromatic heterocycles. The number of hydrogen-bond donors (Lipinski definition) is 1. The molecule has 1 aliphatic rings. The molecule has 0 aliphatic carbocycles. The number of rotatable bonds is 3. The largest absolute Gasteiger partial charge is 0.325 e. The minimum absolute atomic E-state index is 0.0186. The van der Waals surface area contributed by atoms with Crippen molar-refractivity contribution in [2.75, 3.05) is 16.8 Å². The highest BCUT2D eigenvalue weighted by atomic mass is 35.5. The first-order chi connectivity index (χ1) is 11.8. The van der Waals surface area contributed by atoms with Crippen molar-refractivity contribution < 1.29 is 9.59 Å². The van der Waals surface area contributed by atoms with Crippen molar-refractivity contribution in [3.8, 4) is 0 Å². The summed E-state index contributed by atoms with van der Waals surface area (Å²) in [7, 11) is 0. The molecule has 0 radical (unpaired) electrons. The van der Waals surface area contributed by atoms with E-state index in [0.29, 0.717) is 17.3 Å². The zero-order valence-corrected chi connectivity index (χ0v) is 15.4. The zero-order chi connectivity index (χ0) is 18.1. The van der Waals surface area contributed by atoms with E-state index >= 15 is 0 Å². The highest BCUT2D eigenvalue weighted by Gasteiger charge is 2.35. The molecular weight excluding hydrogens is 336 g/mol. The molecule has 1 aliphatic heterocycles. The van der Waals surface area contributed by atoms with Crippen molar-refractivity contribution >= 4 is 34.8 Å². The topological polar surface area (TPSA) is 49.4 Å². The van der Waals surface area contributed by atoms with Crippen molar-refractivity contribution in [2.24, 2.45) is 5.92 Å². The van der Waals surface area contributed by atoms with Crippen LogP contribution in [0.15, 0.2) is 36.4 Å². The molecule has 0 spiro atoms. The minimum atomic E-state index is -0.369. The summed E-state index contributed by atoms with van der Waals surface area (Å²) in [6.07, 6.45) is 0.221. The molecular formula is C20H21ClN2O2. The van der Waals surface area contributed by atoms with Gasteiger partial charge in [-0.3, -0.25) is 9.59 Å². The molecule has 3 rings (SSSR count). The highest BCUT2D eigenvalue weighted by Crippen LogP contribution is 2.29. The van der Waals surface area contributed by atoms with Gasteiger partial charge < -0.3 is 10.2 Å². The van der Waals surface area contributed by atoms with Gasteiger partial charge in [0.1, 0.15) is 0 Å². The molecule has 1 N–H and O–H groups in total. The first-order valence-corrected chi connectivity index (χ1v) is 8.67. The normalized spacial score (nSPS) is 17.0. The summed E-state index contributed by atoms with van der Waals surface area (Å²) in [5.74, 6) is -0.535. The van der Waals surface area contributed by atoms with Gasteiger partial charge in [0.15, 0.2) is 0 Å². The summed E-state index contributed by atoms with van der Waals surface area (Å²) in [5.41, 5.74) is 4.70. The average molecular weight is 357 g/mol. The lowest BCUT2D eigenvalue weighted by molar-refractivity contribution is -0.122. The van der Waals surface area contributed by atoms with Crippen LogP contribution in [-0.2, 0) is 9.59 Å². The molecule has 2 aromatic rings. The van der Waals surface area contributed by atoms with Crippen molar-refractivity contribution in [1.82, 2.24) is 0 Å². The maximum atomic E-state index is 12.6. The second kappa shape index (κ2) is 6.89. The van der Waals surface area contributed by atoms with E-state index in [4.69, 9.17) is 11.6 Å². The molecule has 0 saturated carbocycles. The molecule has 1 fully saturated rings. The molecule has 1 saturated heterocycles. The predicted octanol–water partition coefficient (Wildman–Crippen LogP) is 4.26. The lowest BCUT2D eigenvalue weighted by Gasteiger charge is -2.19. The Morgan fingerprint density at radius 2 is 1.88 bits per heavy atom. The van der Waals surface area contributed by atoms with Crippen LogP contribution in [0.5, 0.6) is 0 Å². The van der Waals surface area contributed by atoms with Crippen LogP contribution in [0.4, 0.5) is 11.4 Å². The van der Waals surface area contributed by atoms with Gasteiger partial charge in [-0.2, -0.15) is 0 Å². The Balaban J connectivity index is 1.75. The smallest absolute Gasteiger partial charge is 0.229 e. The van der Waals surface area contributed by atoms with Gasteiger partial charge in [0.05, 0.1) is 5.92 Å². The van der Waals surface area contributed by atoms with E-state index in [0.717, 1.165) is 22.4 Å². The van der Waals surface area contributed by atoms with Crippen molar-refractivity contribution in [2.45, 2.75) is 27.2 Å². The average Bonchev–Trinajstić information content (AvgIpc) is 2.93. The van der Waals surface area contributed by atoms with Crippen LogP contribution >= 0.6 is 11.6 Å². The first-order valence-electron chi connectivity index (χ1n) is 8.30. The summed E-state index contributed by atoms with van der Waals surface area (Å²) < 4.78 is 0. The predicted molar refractivity (Wildman–Crippen MR) is 101 cm³/mol. The van der Waals surface area contributed by atoms with Gasteiger partial charge in [-0.05, 0) is 50.1 Å². The third kappa shape index (κ3) is 3.69. The molecule has 2 amide bonds. The summed E-state index contributed by atoms with van der Waals surface area (Å²) in [5, 5.41) is 3.48. The Labute approximate surface area is 152 Å². The minimum Gasteiger partial charge on any atom is -0.325 e. The second-order valence-corrected chi connectivity index (χ2v) is 7.08. The van der Waals surface area contributed by atoms with Gasteiger partial charge in [0.2, 0.25) is 11.8 Å². The Hall–Kier alpha value is -2.33. The number of benzene rings is 2. The zero-order valence-electron chi connectivity index (χ0n) is 14.6. The quantitative estimate of drug-likeness (QED) is 0.893. The van der Waals surface area contributed by atoms with E-state index in [1.807, 2.05) is 45.0 Å². The van der Waals surface area contributed by atoms with Crippen LogP contribution in [-0.4, -0.2) is 18.4 Å². The molecule has 4 nitrogen and oxygen atoms in total. The van der Waals surface area contributed by atoms with Crippen molar-refractivity contribution in [3.63, 3.8) is 0 Å². The summed E-state index contributed by atoms with van der Waals surface area (Å²) in [4.78, 5) is 26.7. The third-order valence-electron chi connectivity index (χ3n) is 4.60. The van der Waals surface area contributed by atoms with Gasteiger partial charge >= 0.3 is 0 Å². The first kappa shape index (κ1) is 17.5. The lowest BCUT2D eigenvalue weighted by Crippen LogP contribution is -2.28. The number of nitrogens with one attached hydrogen (secondary N) is 1. The fourth-order valence-electron chi connectivity index (χ4n) is 3.19.